The van der Waals surface area contributed by atoms with Gasteiger partial charge in [0, 0.05) is 42.5 Å². The van der Waals surface area contributed by atoms with E-state index >= 15 is 0 Å². The van der Waals surface area contributed by atoms with Gasteiger partial charge in [-0.2, -0.15) is 0 Å². The third kappa shape index (κ3) is 2.13. The Morgan fingerprint density at radius 3 is 2.90 bits per heavy atom. The second-order valence-electron chi connectivity index (χ2n) is 4.66. The van der Waals surface area contributed by atoms with Crippen molar-refractivity contribution in [2.75, 3.05) is 11.9 Å². The zero-order valence-corrected chi connectivity index (χ0v) is 10.5. The molecule has 1 fully saturated rings. The predicted molar refractivity (Wildman–Crippen MR) is 73.4 cm³/mol. The number of benzene rings is 1. The van der Waals surface area contributed by atoms with Crippen LogP contribution < -0.4 is 10.6 Å². The zero-order chi connectivity index (χ0) is 14.1. The monoisotopic (exact) mass is 272 g/mol. The minimum Gasteiger partial charge on any atom is -0.380 e. The maximum Gasteiger partial charge on any atom is 0.278 e. The number of aromatic nitrogens is 1. The maximum absolute atomic E-state index is 11.2. The van der Waals surface area contributed by atoms with Gasteiger partial charge in [-0.1, -0.05) is 0 Å². The first-order valence-corrected chi connectivity index (χ1v) is 6.19. The quantitative estimate of drug-likeness (QED) is 0.651. The molecule has 1 aromatic heterocycles. The molecule has 1 unspecified atom stereocenters. The number of hydrogen-bond donors (Lipinski definition) is 2. The molecule has 0 bridgehead atoms. The number of amides is 1. The highest BCUT2D eigenvalue weighted by Gasteiger charge is 2.22. The minimum absolute atomic E-state index is 0.000298. The van der Waals surface area contributed by atoms with Crippen LogP contribution in [0.3, 0.4) is 0 Å². The van der Waals surface area contributed by atoms with Crippen LogP contribution in [0.5, 0.6) is 0 Å². The third-order valence-electron chi connectivity index (χ3n) is 3.33. The van der Waals surface area contributed by atoms with Crippen molar-refractivity contribution < 1.29 is 9.72 Å². The minimum atomic E-state index is -0.422. The van der Waals surface area contributed by atoms with Crippen molar-refractivity contribution in [1.29, 1.82) is 0 Å². The first-order chi connectivity index (χ1) is 9.65. The van der Waals surface area contributed by atoms with E-state index in [1.165, 1.54) is 12.3 Å². The lowest BCUT2D eigenvalue weighted by molar-refractivity contribution is -0.383. The molecule has 0 aliphatic carbocycles. The molecule has 1 saturated heterocycles. The lowest BCUT2D eigenvalue weighted by atomic mass is 10.1. The number of fused-ring (bicyclic) bond motifs is 1. The summed E-state index contributed by atoms with van der Waals surface area (Å²) in [5, 5.41) is 18.2. The average Bonchev–Trinajstić information content (AvgIpc) is 2.84. The summed E-state index contributed by atoms with van der Waals surface area (Å²) in [5.74, 6) is 0.00961. The van der Waals surface area contributed by atoms with Gasteiger partial charge in [-0.3, -0.25) is 19.9 Å². The van der Waals surface area contributed by atoms with E-state index < -0.39 is 4.92 Å². The van der Waals surface area contributed by atoms with Gasteiger partial charge < -0.3 is 10.6 Å². The van der Waals surface area contributed by atoms with E-state index in [1.807, 2.05) is 0 Å². The summed E-state index contributed by atoms with van der Waals surface area (Å²) < 4.78 is 0. The second kappa shape index (κ2) is 4.76. The SMILES string of the molecule is O=C1CC(Nc2ccc([N+](=O)[O-])c3cnccc23)CN1. The number of carbonyl (C=O) groups is 1. The number of carbonyl (C=O) groups excluding carboxylic acids is 1. The Labute approximate surface area is 114 Å². The van der Waals surface area contributed by atoms with Crippen molar-refractivity contribution in [3.63, 3.8) is 0 Å². The van der Waals surface area contributed by atoms with Crippen LogP contribution in [0.4, 0.5) is 11.4 Å². The largest absolute Gasteiger partial charge is 0.380 e. The maximum atomic E-state index is 11.2. The summed E-state index contributed by atoms with van der Waals surface area (Å²) in [6.07, 6.45) is 3.48. The molecule has 7 heteroatoms. The van der Waals surface area contributed by atoms with Crippen LogP contribution in [-0.2, 0) is 4.79 Å². The highest BCUT2D eigenvalue weighted by Crippen LogP contribution is 2.31. The summed E-state index contributed by atoms with van der Waals surface area (Å²) in [7, 11) is 0. The fraction of sp³-hybridized carbons (Fsp3) is 0.231. The molecule has 2 aromatic rings. The summed E-state index contributed by atoms with van der Waals surface area (Å²) in [6, 6.07) is 4.86. The number of rotatable bonds is 3. The third-order valence-corrected chi connectivity index (χ3v) is 3.33. The van der Waals surface area contributed by atoms with Crippen LogP contribution in [0.15, 0.2) is 30.6 Å². The first kappa shape index (κ1) is 12.3. The molecule has 2 N–H and O–H groups in total. The van der Waals surface area contributed by atoms with Crippen LogP contribution in [0.2, 0.25) is 0 Å². The van der Waals surface area contributed by atoms with Crippen LogP contribution in [0.25, 0.3) is 10.8 Å². The van der Waals surface area contributed by atoms with Crippen molar-refractivity contribution in [1.82, 2.24) is 10.3 Å². The molecule has 0 radical (unpaired) electrons. The van der Waals surface area contributed by atoms with Gasteiger partial charge in [0.1, 0.15) is 0 Å². The molecule has 0 saturated carbocycles. The molecular formula is C13H12N4O3. The molecule has 1 aromatic carbocycles. The Morgan fingerprint density at radius 1 is 1.35 bits per heavy atom. The molecule has 2 heterocycles. The lowest BCUT2D eigenvalue weighted by Crippen LogP contribution is -2.22. The number of anilines is 1. The molecule has 102 valence electrons. The number of nitrogens with one attached hydrogen (secondary N) is 2. The topological polar surface area (TPSA) is 97.2 Å². The summed E-state index contributed by atoms with van der Waals surface area (Å²) in [5.41, 5.74) is 0.800. The second-order valence-corrected chi connectivity index (χ2v) is 4.66. The van der Waals surface area contributed by atoms with Crippen molar-refractivity contribution in [2.24, 2.45) is 0 Å². The number of pyridine rings is 1. The van der Waals surface area contributed by atoms with E-state index in [2.05, 4.69) is 15.6 Å². The molecule has 1 aliphatic heterocycles. The van der Waals surface area contributed by atoms with E-state index in [4.69, 9.17) is 0 Å². The average molecular weight is 272 g/mol. The van der Waals surface area contributed by atoms with Gasteiger partial charge in [0.05, 0.1) is 16.4 Å². The van der Waals surface area contributed by atoms with Crippen molar-refractivity contribution in [2.45, 2.75) is 12.5 Å². The van der Waals surface area contributed by atoms with E-state index in [0.29, 0.717) is 18.4 Å². The first-order valence-electron chi connectivity index (χ1n) is 6.19. The molecule has 1 amide bonds. The molecule has 7 nitrogen and oxygen atoms in total. The van der Waals surface area contributed by atoms with E-state index in [-0.39, 0.29) is 17.6 Å². The van der Waals surface area contributed by atoms with Crippen LogP contribution in [-0.4, -0.2) is 28.4 Å². The Hall–Kier alpha value is -2.70. The van der Waals surface area contributed by atoms with E-state index in [0.717, 1.165) is 11.1 Å². The van der Waals surface area contributed by atoms with Crippen molar-refractivity contribution >= 4 is 28.1 Å². The fourth-order valence-electron chi connectivity index (χ4n) is 2.39. The number of non-ortho nitro benzene ring substituents is 1. The van der Waals surface area contributed by atoms with Crippen molar-refractivity contribution in [3.05, 3.63) is 40.7 Å². The molecule has 3 rings (SSSR count). The number of nitro benzene ring substituents is 1. The van der Waals surface area contributed by atoms with Crippen LogP contribution in [0, 0.1) is 10.1 Å². The standard InChI is InChI=1S/C13H12N4O3/c18-13-5-8(6-15-13)16-11-1-2-12(17(19)20)10-7-14-4-3-9(10)11/h1-4,7-8,16H,5-6H2,(H,15,18). The number of nitrogens with zero attached hydrogens (tertiary/aromatic N) is 2. The zero-order valence-electron chi connectivity index (χ0n) is 10.5. The van der Waals surface area contributed by atoms with Gasteiger partial charge in [-0.15, -0.1) is 0 Å². The predicted octanol–water partition coefficient (Wildman–Crippen LogP) is 1.44. The van der Waals surface area contributed by atoms with Gasteiger partial charge in [-0.05, 0) is 12.1 Å². The van der Waals surface area contributed by atoms with Gasteiger partial charge in [0.15, 0.2) is 0 Å². The highest BCUT2D eigenvalue weighted by atomic mass is 16.6. The van der Waals surface area contributed by atoms with Gasteiger partial charge >= 0.3 is 0 Å². The van der Waals surface area contributed by atoms with Crippen molar-refractivity contribution in [3.8, 4) is 0 Å². The van der Waals surface area contributed by atoms with Crippen LogP contribution >= 0.6 is 0 Å². The molecule has 1 atom stereocenters. The van der Waals surface area contributed by atoms with Gasteiger partial charge in [-0.25, -0.2) is 0 Å². The molecule has 0 spiro atoms. The Bertz CT molecular complexity index is 701. The van der Waals surface area contributed by atoms with Crippen LogP contribution in [0.1, 0.15) is 6.42 Å². The Kier molecular flexibility index (Phi) is 2.94. The fourth-order valence-corrected chi connectivity index (χ4v) is 2.39. The summed E-state index contributed by atoms with van der Waals surface area (Å²) >= 11 is 0. The lowest BCUT2D eigenvalue weighted by Gasteiger charge is -2.14. The molecule has 1 aliphatic rings. The van der Waals surface area contributed by atoms with Gasteiger partial charge in [0.2, 0.25) is 5.91 Å². The molecular weight excluding hydrogens is 260 g/mol. The molecule has 20 heavy (non-hydrogen) atoms. The Morgan fingerprint density at radius 2 is 2.20 bits per heavy atom. The smallest absolute Gasteiger partial charge is 0.278 e. The van der Waals surface area contributed by atoms with E-state index in [9.17, 15) is 14.9 Å². The number of hydrogen-bond acceptors (Lipinski definition) is 5. The Balaban J connectivity index is 2.02. The highest BCUT2D eigenvalue weighted by molar-refractivity contribution is 5.99. The number of nitro groups is 1. The van der Waals surface area contributed by atoms with Gasteiger partial charge in [0.25, 0.3) is 5.69 Å². The summed E-state index contributed by atoms with van der Waals surface area (Å²) in [4.78, 5) is 25.7. The van der Waals surface area contributed by atoms with E-state index in [1.54, 1.807) is 18.3 Å². The summed E-state index contributed by atoms with van der Waals surface area (Å²) in [6.45, 7) is 0.558. The normalized spacial score (nSPS) is 18.0.